The number of hydrogen-bond acceptors (Lipinski definition) is 6. The fourth-order valence-electron chi connectivity index (χ4n) is 3.67. The van der Waals surface area contributed by atoms with Gasteiger partial charge in [0.25, 0.3) is 0 Å². The molecule has 0 unspecified atom stereocenters. The van der Waals surface area contributed by atoms with Gasteiger partial charge in [0, 0.05) is 16.5 Å². The topological polar surface area (TPSA) is 98.3 Å². The molecule has 0 aliphatic heterocycles. The van der Waals surface area contributed by atoms with Gasteiger partial charge in [0.2, 0.25) is 5.82 Å². The average molecular weight is 478 g/mol. The van der Waals surface area contributed by atoms with Crippen LogP contribution in [0.2, 0.25) is 0 Å². The monoisotopic (exact) mass is 477 g/mol. The molecule has 0 aliphatic carbocycles. The van der Waals surface area contributed by atoms with Gasteiger partial charge in [0.1, 0.15) is 11.3 Å². The molecule has 1 N–H and O–H groups in total. The zero-order valence-corrected chi connectivity index (χ0v) is 18.5. The highest BCUT2D eigenvalue weighted by molar-refractivity contribution is 9.10. The van der Waals surface area contributed by atoms with Crippen molar-refractivity contribution in [1.29, 1.82) is 0 Å². The minimum atomic E-state index is 0.523. The van der Waals surface area contributed by atoms with E-state index in [4.69, 9.17) is 4.42 Å². The van der Waals surface area contributed by atoms with Crippen LogP contribution in [0.15, 0.2) is 57.6 Å². The summed E-state index contributed by atoms with van der Waals surface area (Å²) in [5.74, 6) is 1.26. The fourth-order valence-corrected chi connectivity index (χ4v) is 4.28. The van der Waals surface area contributed by atoms with Gasteiger partial charge >= 0.3 is 0 Å². The number of halogens is 1. The van der Waals surface area contributed by atoms with E-state index in [9.17, 15) is 0 Å². The maximum atomic E-state index is 6.22. The van der Waals surface area contributed by atoms with Crippen LogP contribution in [-0.4, -0.2) is 35.6 Å². The second kappa shape index (κ2) is 8.43. The fraction of sp³-hybridized carbons (Fsp3) is 0.227. The molecule has 8 nitrogen and oxygen atoms in total. The Balaban J connectivity index is 1.52. The molecule has 0 aliphatic rings. The summed E-state index contributed by atoms with van der Waals surface area (Å²) in [5.41, 5.74) is 4.84. The van der Waals surface area contributed by atoms with E-state index in [0.29, 0.717) is 12.4 Å². The summed E-state index contributed by atoms with van der Waals surface area (Å²) in [4.78, 5) is 0. The molecule has 5 aromatic rings. The molecule has 156 valence electrons. The largest absolute Gasteiger partial charge is 0.455 e. The van der Waals surface area contributed by atoms with Crippen molar-refractivity contribution in [3.05, 3.63) is 64.4 Å². The van der Waals surface area contributed by atoms with Gasteiger partial charge in [-0.15, -0.1) is 15.3 Å². The van der Waals surface area contributed by atoms with Gasteiger partial charge in [-0.1, -0.05) is 48.9 Å². The number of unbranched alkanes of at least 4 members (excludes halogenated alkanes) is 1. The van der Waals surface area contributed by atoms with Gasteiger partial charge in [-0.05, 0) is 51.7 Å². The van der Waals surface area contributed by atoms with Crippen LogP contribution in [0.3, 0.4) is 0 Å². The minimum absolute atomic E-state index is 0.523. The number of aromatic amines is 1. The molecule has 3 heterocycles. The highest BCUT2D eigenvalue weighted by atomic mass is 79.9. The van der Waals surface area contributed by atoms with Crippen LogP contribution in [0.5, 0.6) is 0 Å². The molecule has 3 aromatic heterocycles. The number of nitrogens with one attached hydrogen (secondary N) is 1. The van der Waals surface area contributed by atoms with Crippen LogP contribution < -0.4 is 0 Å². The first-order valence-corrected chi connectivity index (χ1v) is 11.0. The number of tetrazole rings is 1. The SMILES string of the molecule is CCCCc1cnnn1Cc1ccc2oc(-c3ccccc3-c3nn[nH]n3)c(Br)c2c1. The average Bonchev–Trinajstić information content (AvgIpc) is 3.54. The Hall–Kier alpha value is -3.33. The second-order valence-corrected chi connectivity index (χ2v) is 8.14. The van der Waals surface area contributed by atoms with Gasteiger partial charge in [-0.3, -0.25) is 0 Å². The molecule has 0 atom stereocenters. The lowest BCUT2D eigenvalue weighted by atomic mass is 10.0. The summed E-state index contributed by atoms with van der Waals surface area (Å²) >= 11 is 3.75. The normalized spacial score (nSPS) is 11.4. The Kier molecular flexibility index (Phi) is 5.33. The van der Waals surface area contributed by atoms with Crippen LogP contribution in [-0.2, 0) is 13.0 Å². The summed E-state index contributed by atoms with van der Waals surface area (Å²) in [6.07, 6.45) is 5.11. The number of furan rings is 1. The van der Waals surface area contributed by atoms with Crippen LogP contribution in [0.25, 0.3) is 33.7 Å². The van der Waals surface area contributed by atoms with Crippen LogP contribution in [0.1, 0.15) is 31.0 Å². The minimum Gasteiger partial charge on any atom is -0.455 e. The quantitative estimate of drug-likeness (QED) is 0.353. The number of aryl methyl sites for hydroxylation is 1. The standard InChI is InChI=1S/C22H20BrN7O/c1-2-3-6-15-12-24-29-30(15)13-14-9-10-19-18(11-14)20(23)21(31-19)16-7-4-5-8-17(16)22-25-27-28-26-22/h4-5,7-12H,2-3,6,13H2,1H3,(H,25,26,27,28). The molecule has 31 heavy (non-hydrogen) atoms. The third-order valence-corrected chi connectivity index (χ3v) is 6.05. The Morgan fingerprint density at radius 1 is 1.13 bits per heavy atom. The van der Waals surface area contributed by atoms with E-state index in [0.717, 1.165) is 62.8 Å². The molecule has 0 radical (unpaired) electrons. The van der Waals surface area contributed by atoms with E-state index in [2.05, 4.69) is 65.9 Å². The lowest BCUT2D eigenvalue weighted by Gasteiger charge is -2.06. The van der Waals surface area contributed by atoms with Gasteiger partial charge in [0.15, 0.2) is 0 Å². The first-order valence-electron chi connectivity index (χ1n) is 10.2. The zero-order chi connectivity index (χ0) is 21.2. The van der Waals surface area contributed by atoms with Gasteiger partial charge in [-0.25, -0.2) is 4.68 Å². The predicted octanol–water partition coefficient (Wildman–Crippen LogP) is 5.02. The Morgan fingerprint density at radius 3 is 2.81 bits per heavy atom. The Morgan fingerprint density at radius 2 is 2.00 bits per heavy atom. The van der Waals surface area contributed by atoms with Crippen molar-refractivity contribution in [3.8, 4) is 22.7 Å². The second-order valence-electron chi connectivity index (χ2n) is 7.34. The molecule has 0 amide bonds. The number of rotatable bonds is 7. The van der Waals surface area contributed by atoms with E-state index in [1.165, 1.54) is 0 Å². The molecule has 0 saturated carbocycles. The highest BCUT2D eigenvalue weighted by Gasteiger charge is 2.19. The van der Waals surface area contributed by atoms with Crippen molar-refractivity contribution in [2.75, 3.05) is 0 Å². The maximum absolute atomic E-state index is 6.22. The molecule has 9 heteroatoms. The van der Waals surface area contributed by atoms with Crippen LogP contribution in [0, 0.1) is 0 Å². The van der Waals surface area contributed by atoms with Crippen molar-refractivity contribution in [2.24, 2.45) is 0 Å². The van der Waals surface area contributed by atoms with E-state index >= 15 is 0 Å². The smallest absolute Gasteiger partial charge is 0.205 e. The number of aromatic nitrogens is 7. The van der Waals surface area contributed by atoms with E-state index < -0.39 is 0 Å². The van der Waals surface area contributed by atoms with Crippen molar-refractivity contribution >= 4 is 26.9 Å². The van der Waals surface area contributed by atoms with E-state index in [1.807, 2.05) is 41.2 Å². The summed E-state index contributed by atoms with van der Waals surface area (Å²) in [6.45, 7) is 2.86. The van der Waals surface area contributed by atoms with Crippen molar-refractivity contribution in [1.82, 2.24) is 35.6 Å². The molecular formula is C22H20BrN7O. The third-order valence-electron chi connectivity index (χ3n) is 5.27. The molecule has 0 saturated heterocycles. The van der Waals surface area contributed by atoms with Gasteiger partial charge < -0.3 is 4.42 Å². The van der Waals surface area contributed by atoms with E-state index in [1.54, 1.807) is 0 Å². The van der Waals surface area contributed by atoms with Crippen molar-refractivity contribution < 1.29 is 4.42 Å². The van der Waals surface area contributed by atoms with Crippen LogP contribution in [0.4, 0.5) is 0 Å². The molecule has 0 spiro atoms. The lowest BCUT2D eigenvalue weighted by Crippen LogP contribution is -2.06. The predicted molar refractivity (Wildman–Crippen MR) is 120 cm³/mol. The first-order chi connectivity index (χ1) is 15.2. The number of nitrogens with zero attached hydrogens (tertiary/aromatic N) is 6. The summed E-state index contributed by atoms with van der Waals surface area (Å²) in [6, 6.07) is 14.1. The van der Waals surface area contributed by atoms with Crippen molar-refractivity contribution in [2.45, 2.75) is 32.7 Å². The Labute approximate surface area is 186 Å². The first kappa shape index (κ1) is 19.6. The number of hydrogen-bond donors (Lipinski definition) is 1. The van der Waals surface area contributed by atoms with Gasteiger partial charge in [-0.2, -0.15) is 5.21 Å². The molecular weight excluding hydrogens is 458 g/mol. The molecule has 0 fully saturated rings. The molecule has 5 rings (SSSR count). The Bertz CT molecular complexity index is 1320. The third kappa shape index (κ3) is 3.76. The number of H-pyrrole nitrogens is 1. The lowest BCUT2D eigenvalue weighted by molar-refractivity contribution is 0.605. The summed E-state index contributed by atoms with van der Waals surface area (Å²) in [5, 5.41) is 23.8. The molecule has 2 aromatic carbocycles. The van der Waals surface area contributed by atoms with Crippen LogP contribution >= 0.6 is 15.9 Å². The number of benzene rings is 2. The molecule has 0 bridgehead atoms. The van der Waals surface area contributed by atoms with Crippen molar-refractivity contribution in [3.63, 3.8) is 0 Å². The van der Waals surface area contributed by atoms with E-state index in [-0.39, 0.29) is 0 Å². The number of fused-ring (bicyclic) bond motifs is 1. The summed E-state index contributed by atoms with van der Waals surface area (Å²) in [7, 11) is 0. The highest BCUT2D eigenvalue weighted by Crippen LogP contribution is 2.41. The van der Waals surface area contributed by atoms with Gasteiger partial charge in [0.05, 0.1) is 22.9 Å². The maximum Gasteiger partial charge on any atom is 0.205 e. The summed E-state index contributed by atoms with van der Waals surface area (Å²) < 4.78 is 9.09. The zero-order valence-electron chi connectivity index (χ0n) is 16.9.